The minimum absolute atomic E-state index is 0.105. The van der Waals surface area contributed by atoms with Gasteiger partial charge in [-0.25, -0.2) is 4.68 Å². The van der Waals surface area contributed by atoms with Crippen LogP contribution in [0, 0.1) is 0 Å². The number of benzene rings is 2. The molecule has 29 heavy (non-hydrogen) atoms. The lowest BCUT2D eigenvalue weighted by Gasteiger charge is -2.09. The van der Waals surface area contributed by atoms with Crippen LogP contribution in [0.4, 0.5) is 13.2 Å². The fraction of sp³-hybridized carbons (Fsp3) is 0.150. The molecule has 2 N–H and O–H groups in total. The van der Waals surface area contributed by atoms with E-state index in [0.29, 0.717) is 5.56 Å². The Morgan fingerprint density at radius 3 is 2.03 bits per heavy atom. The SMILES string of the molecule is O=C(NCCNC(=O)c1cnn(-c2ccccc2)c1)c1ccc(C(F)(F)F)cc1. The third-order valence-corrected chi connectivity index (χ3v) is 4.04. The first-order valence-corrected chi connectivity index (χ1v) is 8.68. The summed E-state index contributed by atoms with van der Waals surface area (Å²) in [5.41, 5.74) is 0.462. The number of nitrogens with one attached hydrogen (secondary N) is 2. The molecule has 2 amide bonds. The quantitative estimate of drug-likeness (QED) is 0.623. The van der Waals surface area contributed by atoms with Crippen LogP contribution >= 0.6 is 0 Å². The summed E-state index contributed by atoms with van der Waals surface area (Å²) in [6.07, 6.45) is -1.43. The number of rotatable bonds is 6. The van der Waals surface area contributed by atoms with Gasteiger partial charge in [-0.15, -0.1) is 0 Å². The highest BCUT2D eigenvalue weighted by Gasteiger charge is 2.30. The van der Waals surface area contributed by atoms with Gasteiger partial charge in [0.05, 0.1) is 23.0 Å². The molecule has 0 aliphatic rings. The Balaban J connectivity index is 1.46. The van der Waals surface area contributed by atoms with E-state index in [2.05, 4.69) is 15.7 Å². The zero-order chi connectivity index (χ0) is 20.9. The van der Waals surface area contributed by atoms with E-state index in [1.807, 2.05) is 30.3 Å². The maximum Gasteiger partial charge on any atom is 0.416 e. The van der Waals surface area contributed by atoms with Gasteiger partial charge in [0, 0.05) is 24.8 Å². The van der Waals surface area contributed by atoms with Crippen molar-refractivity contribution in [3.8, 4) is 5.69 Å². The molecule has 0 radical (unpaired) electrons. The van der Waals surface area contributed by atoms with E-state index in [1.165, 1.54) is 6.20 Å². The van der Waals surface area contributed by atoms with Gasteiger partial charge in [0.2, 0.25) is 0 Å². The van der Waals surface area contributed by atoms with Crippen LogP contribution in [0.25, 0.3) is 5.69 Å². The van der Waals surface area contributed by atoms with Crippen molar-refractivity contribution < 1.29 is 22.8 Å². The van der Waals surface area contributed by atoms with E-state index >= 15 is 0 Å². The number of hydrogen-bond acceptors (Lipinski definition) is 3. The first kappa shape index (κ1) is 20.1. The predicted octanol–water partition coefficient (Wildman–Crippen LogP) is 3.05. The van der Waals surface area contributed by atoms with Crippen molar-refractivity contribution in [2.24, 2.45) is 0 Å². The van der Waals surface area contributed by atoms with Crippen LogP contribution < -0.4 is 10.6 Å². The topological polar surface area (TPSA) is 76.0 Å². The van der Waals surface area contributed by atoms with Crippen LogP contribution in [0.5, 0.6) is 0 Å². The number of para-hydroxylation sites is 1. The molecule has 3 aromatic rings. The zero-order valence-electron chi connectivity index (χ0n) is 15.1. The van der Waals surface area contributed by atoms with Crippen LogP contribution in [0.3, 0.4) is 0 Å². The largest absolute Gasteiger partial charge is 0.416 e. The maximum atomic E-state index is 12.5. The minimum Gasteiger partial charge on any atom is -0.350 e. The Morgan fingerprint density at radius 1 is 0.862 bits per heavy atom. The number of amides is 2. The van der Waals surface area contributed by atoms with Gasteiger partial charge in [-0.05, 0) is 36.4 Å². The maximum absolute atomic E-state index is 12.5. The van der Waals surface area contributed by atoms with E-state index in [4.69, 9.17) is 0 Å². The van der Waals surface area contributed by atoms with E-state index < -0.39 is 17.6 Å². The van der Waals surface area contributed by atoms with Crippen LogP contribution in [0.2, 0.25) is 0 Å². The average Bonchev–Trinajstić information content (AvgIpc) is 3.21. The molecule has 6 nitrogen and oxygen atoms in total. The Hall–Kier alpha value is -3.62. The lowest BCUT2D eigenvalue weighted by Crippen LogP contribution is -2.34. The number of alkyl halides is 3. The fourth-order valence-corrected chi connectivity index (χ4v) is 2.53. The molecule has 1 heterocycles. The number of nitrogens with zero attached hydrogens (tertiary/aromatic N) is 2. The van der Waals surface area contributed by atoms with Gasteiger partial charge in [-0.3, -0.25) is 9.59 Å². The molecule has 0 saturated heterocycles. The summed E-state index contributed by atoms with van der Waals surface area (Å²) < 4.78 is 39.2. The van der Waals surface area contributed by atoms with Crippen molar-refractivity contribution in [2.75, 3.05) is 13.1 Å². The minimum atomic E-state index is -4.45. The number of carbonyl (C=O) groups is 2. The van der Waals surface area contributed by atoms with Crippen molar-refractivity contribution >= 4 is 11.8 Å². The van der Waals surface area contributed by atoms with Gasteiger partial charge in [-0.2, -0.15) is 18.3 Å². The number of hydrogen-bond donors (Lipinski definition) is 2. The molecule has 0 bridgehead atoms. The molecule has 2 aromatic carbocycles. The van der Waals surface area contributed by atoms with Gasteiger partial charge in [-0.1, -0.05) is 18.2 Å². The molecule has 1 aromatic heterocycles. The summed E-state index contributed by atoms with van der Waals surface area (Å²) in [7, 11) is 0. The highest BCUT2D eigenvalue weighted by Crippen LogP contribution is 2.29. The van der Waals surface area contributed by atoms with Gasteiger partial charge in [0.15, 0.2) is 0 Å². The van der Waals surface area contributed by atoms with Crippen molar-refractivity contribution in [1.82, 2.24) is 20.4 Å². The second-order valence-corrected chi connectivity index (χ2v) is 6.10. The smallest absolute Gasteiger partial charge is 0.350 e. The molecule has 0 atom stereocenters. The Bertz CT molecular complexity index is 983. The molecule has 0 spiro atoms. The summed E-state index contributed by atoms with van der Waals surface area (Å²) >= 11 is 0. The summed E-state index contributed by atoms with van der Waals surface area (Å²) in [5, 5.41) is 9.32. The van der Waals surface area contributed by atoms with Gasteiger partial charge >= 0.3 is 6.18 Å². The summed E-state index contributed by atoms with van der Waals surface area (Å²) in [4.78, 5) is 24.1. The standard InChI is InChI=1S/C20H17F3N4O2/c21-20(22,23)16-8-6-14(7-9-16)18(28)24-10-11-25-19(29)15-12-26-27(13-15)17-4-2-1-3-5-17/h1-9,12-13H,10-11H2,(H,24,28)(H,25,29). The predicted molar refractivity (Wildman–Crippen MR) is 99.7 cm³/mol. The third kappa shape index (κ3) is 5.22. The van der Waals surface area contributed by atoms with Gasteiger partial charge < -0.3 is 10.6 Å². The normalized spacial score (nSPS) is 11.1. The first-order valence-electron chi connectivity index (χ1n) is 8.68. The fourth-order valence-electron chi connectivity index (χ4n) is 2.53. The van der Waals surface area contributed by atoms with Gasteiger partial charge in [0.1, 0.15) is 0 Å². The molecule has 3 rings (SSSR count). The molecule has 0 saturated carbocycles. The number of halogens is 3. The van der Waals surface area contributed by atoms with E-state index in [0.717, 1.165) is 30.0 Å². The molecule has 9 heteroatoms. The second-order valence-electron chi connectivity index (χ2n) is 6.10. The van der Waals surface area contributed by atoms with E-state index in [-0.39, 0.29) is 24.6 Å². The highest BCUT2D eigenvalue weighted by atomic mass is 19.4. The lowest BCUT2D eigenvalue weighted by molar-refractivity contribution is -0.137. The Kier molecular flexibility index (Phi) is 5.96. The average molecular weight is 402 g/mol. The molecule has 0 fully saturated rings. The highest BCUT2D eigenvalue weighted by molar-refractivity contribution is 5.95. The van der Waals surface area contributed by atoms with E-state index in [9.17, 15) is 22.8 Å². The van der Waals surface area contributed by atoms with E-state index in [1.54, 1.807) is 10.9 Å². The summed E-state index contributed by atoms with van der Waals surface area (Å²) in [6, 6.07) is 13.2. The monoisotopic (exact) mass is 402 g/mol. The molecule has 0 aliphatic heterocycles. The van der Waals surface area contributed by atoms with Crippen molar-refractivity contribution in [3.05, 3.63) is 83.7 Å². The summed E-state index contributed by atoms with van der Waals surface area (Å²) in [6.45, 7) is 0.278. The third-order valence-electron chi connectivity index (χ3n) is 4.04. The zero-order valence-corrected chi connectivity index (χ0v) is 15.1. The Labute approximate surface area is 164 Å². The number of aromatic nitrogens is 2. The second kappa shape index (κ2) is 8.59. The van der Waals surface area contributed by atoms with Crippen molar-refractivity contribution in [1.29, 1.82) is 0 Å². The van der Waals surface area contributed by atoms with Crippen LogP contribution in [-0.4, -0.2) is 34.7 Å². The molecular weight excluding hydrogens is 385 g/mol. The van der Waals surface area contributed by atoms with Crippen LogP contribution in [-0.2, 0) is 6.18 Å². The first-order chi connectivity index (χ1) is 13.8. The molecular formula is C20H17F3N4O2. The lowest BCUT2D eigenvalue weighted by atomic mass is 10.1. The van der Waals surface area contributed by atoms with Crippen LogP contribution in [0.15, 0.2) is 67.0 Å². The summed E-state index contributed by atoms with van der Waals surface area (Å²) in [5.74, 6) is -0.874. The molecule has 150 valence electrons. The number of carbonyl (C=O) groups excluding carboxylic acids is 2. The van der Waals surface area contributed by atoms with Crippen molar-refractivity contribution in [2.45, 2.75) is 6.18 Å². The van der Waals surface area contributed by atoms with Gasteiger partial charge in [0.25, 0.3) is 11.8 Å². The molecule has 0 unspecified atom stereocenters. The van der Waals surface area contributed by atoms with Crippen molar-refractivity contribution in [3.63, 3.8) is 0 Å². The van der Waals surface area contributed by atoms with Crippen LogP contribution in [0.1, 0.15) is 26.3 Å². The molecule has 0 aliphatic carbocycles. The Morgan fingerprint density at radius 2 is 1.45 bits per heavy atom.